The lowest BCUT2D eigenvalue weighted by Gasteiger charge is -2.12. The highest BCUT2D eigenvalue weighted by molar-refractivity contribution is 5.85. The summed E-state index contributed by atoms with van der Waals surface area (Å²) in [6.07, 6.45) is 0. The lowest BCUT2D eigenvalue weighted by Crippen LogP contribution is -2.32. The highest BCUT2D eigenvalue weighted by Gasteiger charge is 2.08. The number of rotatable bonds is 4. The van der Waals surface area contributed by atoms with Gasteiger partial charge in [-0.15, -0.1) is 22.5 Å². The van der Waals surface area contributed by atoms with E-state index < -0.39 is 5.09 Å². The number of nitrogens with zero attached hydrogens (tertiary/aromatic N) is 1. The van der Waals surface area contributed by atoms with Crippen LogP contribution in [-0.4, -0.2) is 17.7 Å². The second-order valence-electron chi connectivity index (χ2n) is 2.43. The van der Waals surface area contributed by atoms with Crippen molar-refractivity contribution in [2.75, 3.05) is 6.61 Å². The van der Waals surface area contributed by atoms with Crippen LogP contribution in [-0.2, 0) is 4.84 Å². The summed E-state index contributed by atoms with van der Waals surface area (Å²) in [6, 6.07) is -0.259. The van der Waals surface area contributed by atoms with Gasteiger partial charge in [0, 0.05) is 6.04 Å². The molecule has 0 aromatic rings. The third kappa shape index (κ3) is 7.35. The topological polar surface area (TPSA) is 78.4 Å². The summed E-state index contributed by atoms with van der Waals surface area (Å²) in [6.45, 7) is 3.74. The van der Waals surface area contributed by atoms with Crippen LogP contribution in [0.1, 0.15) is 13.8 Å². The second kappa shape index (κ2) is 6.18. The first-order valence-electron chi connectivity index (χ1n) is 3.07. The Hall–Kier alpha value is -0.550. The Morgan fingerprint density at radius 2 is 2.09 bits per heavy atom. The molecule has 0 aromatic carbocycles. The molecule has 2 N–H and O–H groups in total. The van der Waals surface area contributed by atoms with Crippen molar-refractivity contribution in [1.82, 2.24) is 0 Å². The van der Waals surface area contributed by atoms with E-state index in [9.17, 15) is 10.1 Å². The van der Waals surface area contributed by atoms with Crippen molar-refractivity contribution in [3.63, 3.8) is 0 Å². The zero-order chi connectivity index (χ0) is 8.15. The quantitative estimate of drug-likeness (QED) is 0.513. The SMILES string of the molecule is CC(C)[C@H](N)CO[N+](=O)[O-].Cl. The Balaban J connectivity index is 0. The number of halogens is 1. The number of hydrogen-bond donors (Lipinski definition) is 1. The molecule has 0 rings (SSSR count). The van der Waals surface area contributed by atoms with Crippen LogP contribution in [0, 0.1) is 16.0 Å². The minimum absolute atomic E-state index is 0. The second-order valence-corrected chi connectivity index (χ2v) is 2.43. The van der Waals surface area contributed by atoms with E-state index in [0.717, 1.165) is 0 Å². The van der Waals surface area contributed by atoms with Gasteiger partial charge in [0.2, 0.25) is 0 Å². The molecule has 0 bridgehead atoms. The van der Waals surface area contributed by atoms with E-state index in [0.29, 0.717) is 0 Å². The molecule has 0 aliphatic rings. The van der Waals surface area contributed by atoms with E-state index in [-0.39, 0.29) is 31.0 Å². The average Bonchev–Trinajstić information content (AvgIpc) is 1.82. The predicted molar refractivity (Wildman–Crippen MR) is 43.0 cm³/mol. The van der Waals surface area contributed by atoms with Gasteiger partial charge in [-0.1, -0.05) is 13.8 Å². The summed E-state index contributed by atoms with van der Waals surface area (Å²) in [5.41, 5.74) is 5.44. The summed E-state index contributed by atoms with van der Waals surface area (Å²) in [4.78, 5) is 13.7. The Labute approximate surface area is 71.4 Å². The molecular weight excluding hydrogens is 172 g/mol. The maximum absolute atomic E-state index is 9.65. The van der Waals surface area contributed by atoms with E-state index in [1.807, 2.05) is 13.8 Å². The normalized spacial score (nSPS) is 12.0. The third-order valence-electron chi connectivity index (χ3n) is 1.23. The van der Waals surface area contributed by atoms with Gasteiger partial charge in [-0.25, -0.2) is 0 Å². The van der Waals surface area contributed by atoms with Crippen molar-refractivity contribution in [1.29, 1.82) is 0 Å². The van der Waals surface area contributed by atoms with Crippen molar-refractivity contribution in [2.45, 2.75) is 19.9 Å². The van der Waals surface area contributed by atoms with Crippen molar-refractivity contribution < 1.29 is 9.92 Å². The molecule has 0 saturated carbocycles. The van der Waals surface area contributed by atoms with Crippen LogP contribution in [0.25, 0.3) is 0 Å². The lowest BCUT2D eigenvalue weighted by atomic mass is 10.1. The molecule has 0 saturated heterocycles. The molecule has 0 aromatic heterocycles. The fraction of sp³-hybridized carbons (Fsp3) is 1.00. The first kappa shape index (κ1) is 13.1. The number of nitrogens with two attached hydrogens (primary N) is 1. The summed E-state index contributed by atoms with van der Waals surface area (Å²) >= 11 is 0. The van der Waals surface area contributed by atoms with Gasteiger partial charge >= 0.3 is 0 Å². The summed E-state index contributed by atoms with van der Waals surface area (Å²) in [7, 11) is 0. The van der Waals surface area contributed by atoms with Gasteiger partial charge in [-0.2, -0.15) is 0 Å². The Morgan fingerprint density at radius 1 is 1.64 bits per heavy atom. The molecule has 0 amide bonds. The molecule has 0 radical (unpaired) electrons. The minimum atomic E-state index is -0.831. The van der Waals surface area contributed by atoms with Gasteiger partial charge in [-0.3, -0.25) is 0 Å². The van der Waals surface area contributed by atoms with Crippen LogP contribution in [0.2, 0.25) is 0 Å². The maximum Gasteiger partial charge on any atom is 0.294 e. The van der Waals surface area contributed by atoms with Gasteiger partial charge in [0.1, 0.15) is 6.61 Å². The molecule has 0 aliphatic heterocycles. The predicted octanol–water partition coefficient (Wildman–Crippen LogP) is 0.600. The van der Waals surface area contributed by atoms with Gasteiger partial charge < -0.3 is 10.6 Å². The molecule has 0 unspecified atom stereocenters. The molecular formula is C5H13ClN2O3. The van der Waals surface area contributed by atoms with Crippen LogP contribution in [0.5, 0.6) is 0 Å². The average molecular weight is 185 g/mol. The summed E-state index contributed by atoms with van der Waals surface area (Å²) in [5.74, 6) is 0.208. The largest absolute Gasteiger partial charge is 0.326 e. The molecule has 6 heteroatoms. The smallest absolute Gasteiger partial charge is 0.294 e. The fourth-order valence-corrected chi connectivity index (χ4v) is 0.339. The molecule has 1 atom stereocenters. The maximum atomic E-state index is 9.65. The van der Waals surface area contributed by atoms with E-state index in [1.165, 1.54) is 0 Å². The van der Waals surface area contributed by atoms with Gasteiger partial charge in [0.05, 0.1) is 0 Å². The molecule has 0 heterocycles. The first-order valence-corrected chi connectivity index (χ1v) is 3.07. The summed E-state index contributed by atoms with van der Waals surface area (Å²) < 4.78 is 0. The fourth-order valence-electron chi connectivity index (χ4n) is 0.339. The Kier molecular flexibility index (Phi) is 7.34. The van der Waals surface area contributed by atoms with E-state index in [4.69, 9.17) is 5.73 Å². The molecule has 0 aliphatic carbocycles. The number of hydrogen-bond acceptors (Lipinski definition) is 4. The third-order valence-corrected chi connectivity index (χ3v) is 1.23. The summed E-state index contributed by atoms with van der Waals surface area (Å²) in [5, 5.41) is 8.82. The van der Waals surface area contributed by atoms with Gasteiger partial charge in [0.25, 0.3) is 5.09 Å². The van der Waals surface area contributed by atoms with E-state index >= 15 is 0 Å². The van der Waals surface area contributed by atoms with Gasteiger partial charge in [0.15, 0.2) is 0 Å². The van der Waals surface area contributed by atoms with E-state index in [1.54, 1.807) is 0 Å². The van der Waals surface area contributed by atoms with Crippen LogP contribution in [0.4, 0.5) is 0 Å². The first-order chi connectivity index (χ1) is 4.54. The van der Waals surface area contributed by atoms with Crippen LogP contribution in [0.15, 0.2) is 0 Å². The van der Waals surface area contributed by atoms with E-state index in [2.05, 4.69) is 4.84 Å². The Morgan fingerprint density at radius 3 is 2.36 bits per heavy atom. The monoisotopic (exact) mass is 184 g/mol. The lowest BCUT2D eigenvalue weighted by molar-refractivity contribution is -0.758. The van der Waals surface area contributed by atoms with Crippen molar-refractivity contribution in [2.24, 2.45) is 11.7 Å². The zero-order valence-corrected chi connectivity index (χ0v) is 7.34. The Bertz CT molecular complexity index is 120. The van der Waals surface area contributed by atoms with Crippen molar-refractivity contribution in [3.05, 3.63) is 10.1 Å². The zero-order valence-electron chi connectivity index (χ0n) is 6.52. The standard InChI is InChI=1S/C5H12N2O3.ClH/c1-4(2)5(6)3-10-7(8)9;/h4-5H,3,6H2,1-2H3;1H/t5-;/m1./s1. The van der Waals surface area contributed by atoms with Crippen LogP contribution < -0.4 is 5.73 Å². The van der Waals surface area contributed by atoms with Gasteiger partial charge in [-0.05, 0) is 5.92 Å². The highest BCUT2D eigenvalue weighted by Crippen LogP contribution is 1.97. The van der Waals surface area contributed by atoms with Crippen LogP contribution >= 0.6 is 12.4 Å². The minimum Gasteiger partial charge on any atom is -0.326 e. The van der Waals surface area contributed by atoms with Crippen LogP contribution in [0.3, 0.4) is 0 Å². The van der Waals surface area contributed by atoms with Crippen molar-refractivity contribution >= 4 is 12.4 Å². The molecule has 68 valence electrons. The molecule has 5 nitrogen and oxygen atoms in total. The molecule has 0 fully saturated rings. The van der Waals surface area contributed by atoms with Crippen molar-refractivity contribution in [3.8, 4) is 0 Å². The molecule has 0 spiro atoms. The highest BCUT2D eigenvalue weighted by atomic mass is 35.5. The molecule has 11 heavy (non-hydrogen) atoms.